The second-order valence-electron chi connectivity index (χ2n) is 5.32. The van der Waals surface area contributed by atoms with Crippen LogP contribution < -0.4 is 5.32 Å². The van der Waals surface area contributed by atoms with Crippen molar-refractivity contribution in [1.82, 2.24) is 19.5 Å². The van der Waals surface area contributed by atoms with Crippen LogP contribution in [0.5, 0.6) is 0 Å². The Bertz CT molecular complexity index is 874. The van der Waals surface area contributed by atoms with Crippen LogP contribution in [0.3, 0.4) is 0 Å². The first kappa shape index (κ1) is 17.2. The number of aryl methyl sites for hydroxylation is 1. The third-order valence-corrected chi connectivity index (χ3v) is 3.66. The number of benzene rings is 1. The van der Waals surface area contributed by atoms with Crippen molar-refractivity contribution in [3.05, 3.63) is 59.3 Å². The molecule has 3 rings (SSSR count). The van der Waals surface area contributed by atoms with Gasteiger partial charge in [-0.25, -0.2) is 15.0 Å². The quantitative estimate of drug-likeness (QED) is 0.703. The van der Waals surface area contributed by atoms with Crippen LogP contribution in [0.15, 0.2) is 42.7 Å². The first-order chi connectivity index (χ1) is 11.8. The van der Waals surface area contributed by atoms with E-state index in [0.717, 1.165) is 11.8 Å². The van der Waals surface area contributed by atoms with Gasteiger partial charge in [0.25, 0.3) is 0 Å². The Labute approximate surface area is 146 Å². The van der Waals surface area contributed by atoms with E-state index in [4.69, 9.17) is 11.6 Å². The molecule has 1 aromatic carbocycles. The summed E-state index contributed by atoms with van der Waals surface area (Å²) in [5.74, 6) is 0.845. The van der Waals surface area contributed by atoms with Gasteiger partial charge in [0.1, 0.15) is 11.6 Å². The molecule has 25 heavy (non-hydrogen) atoms. The van der Waals surface area contributed by atoms with E-state index in [-0.39, 0.29) is 11.1 Å². The molecule has 0 bridgehead atoms. The molecule has 0 aliphatic carbocycles. The lowest BCUT2D eigenvalue weighted by Gasteiger charge is -2.07. The Kier molecular flexibility index (Phi) is 4.63. The van der Waals surface area contributed by atoms with Crippen LogP contribution in [-0.4, -0.2) is 19.5 Å². The summed E-state index contributed by atoms with van der Waals surface area (Å²) in [7, 11) is 1.53. The fraction of sp³-hybridized carbons (Fsp3) is 0.188. The molecular formula is C16H13ClF3N5. The van der Waals surface area contributed by atoms with Gasteiger partial charge in [0.05, 0.1) is 0 Å². The summed E-state index contributed by atoms with van der Waals surface area (Å²) in [5.41, 5.74) is 0.631. The smallest absolute Gasteiger partial charge is 0.366 e. The molecule has 0 aliphatic heterocycles. The van der Waals surface area contributed by atoms with Crippen LogP contribution in [-0.2, 0) is 19.8 Å². The lowest BCUT2D eigenvalue weighted by atomic mass is 10.1. The van der Waals surface area contributed by atoms with Crippen LogP contribution >= 0.6 is 11.6 Å². The highest BCUT2D eigenvalue weighted by atomic mass is 35.5. The first-order valence-electron chi connectivity index (χ1n) is 7.25. The third kappa shape index (κ3) is 4.08. The van der Waals surface area contributed by atoms with Crippen molar-refractivity contribution in [3.8, 4) is 11.4 Å². The molecule has 0 radical (unpaired) electrons. The number of imidazole rings is 1. The highest BCUT2D eigenvalue weighted by molar-refractivity contribution is 6.28. The summed E-state index contributed by atoms with van der Waals surface area (Å²) < 4.78 is 39.6. The zero-order chi connectivity index (χ0) is 18.0. The van der Waals surface area contributed by atoms with Gasteiger partial charge in [-0.15, -0.1) is 0 Å². The molecule has 130 valence electrons. The standard InChI is InChI=1S/C16H13ClF3N5/c1-25-9-12(16(18,19)20)23-14(25)11-4-2-10(3-5-11)8-22-13-6-7-21-15(17)24-13/h2-7,9H,8H2,1H3,(H,21,22,24). The molecule has 0 saturated carbocycles. The summed E-state index contributed by atoms with van der Waals surface area (Å²) in [6.45, 7) is 0.488. The number of anilines is 1. The van der Waals surface area contributed by atoms with Gasteiger partial charge in [0.15, 0.2) is 5.69 Å². The molecule has 5 nitrogen and oxygen atoms in total. The van der Waals surface area contributed by atoms with Crippen molar-refractivity contribution < 1.29 is 13.2 Å². The molecule has 0 spiro atoms. The van der Waals surface area contributed by atoms with Gasteiger partial charge in [0, 0.05) is 31.5 Å². The maximum absolute atomic E-state index is 12.7. The fourth-order valence-corrected chi connectivity index (χ4v) is 2.42. The van der Waals surface area contributed by atoms with Gasteiger partial charge in [0.2, 0.25) is 5.28 Å². The van der Waals surface area contributed by atoms with Crippen molar-refractivity contribution in [2.45, 2.75) is 12.7 Å². The molecule has 0 atom stereocenters. The van der Waals surface area contributed by atoms with E-state index >= 15 is 0 Å². The predicted molar refractivity (Wildman–Crippen MR) is 88.0 cm³/mol. The SMILES string of the molecule is Cn1cc(C(F)(F)F)nc1-c1ccc(CNc2ccnc(Cl)n2)cc1. The molecule has 0 fully saturated rings. The number of nitrogens with one attached hydrogen (secondary N) is 1. The fourth-order valence-electron chi connectivity index (χ4n) is 2.27. The van der Waals surface area contributed by atoms with Crippen molar-refractivity contribution in [3.63, 3.8) is 0 Å². The Hall–Kier alpha value is -2.61. The van der Waals surface area contributed by atoms with Crippen molar-refractivity contribution >= 4 is 17.4 Å². The van der Waals surface area contributed by atoms with Crippen LogP contribution in [0.1, 0.15) is 11.3 Å². The largest absolute Gasteiger partial charge is 0.434 e. The normalized spacial score (nSPS) is 11.6. The Morgan fingerprint density at radius 2 is 1.84 bits per heavy atom. The Balaban J connectivity index is 1.73. The van der Waals surface area contributed by atoms with E-state index in [1.165, 1.54) is 11.6 Å². The monoisotopic (exact) mass is 367 g/mol. The van der Waals surface area contributed by atoms with Crippen molar-refractivity contribution in [2.75, 3.05) is 5.32 Å². The number of aromatic nitrogens is 4. The average molecular weight is 368 g/mol. The van der Waals surface area contributed by atoms with Crippen LogP contribution in [0.25, 0.3) is 11.4 Å². The lowest BCUT2D eigenvalue weighted by Crippen LogP contribution is -2.04. The summed E-state index contributed by atoms with van der Waals surface area (Å²) in [5, 5.41) is 3.24. The number of alkyl halides is 3. The minimum atomic E-state index is -4.46. The van der Waals surface area contributed by atoms with Crippen molar-refractivity contribution in [2.24, 2.45) is 7.05 Å². The second kappa shape index (κ2) is 6.72. The van der Waals surface area contributed by atoms with E-state index in [9.17, 15) is 13.2 Å². The zero-order valence-electron chi connectivity index (χ0n) is 13.0. The first-order valence-corrected chi connectivity index (χ1v) is 7.63. The Morgan fingerprint density at radius 3 is 2.44 bits per heavy atom. The number of nitrogens with zero attached hydrogens (tertiary/aromatic N) is 4. The summed E-state index contributed by atoms with van der Waals surface area (Å²) >= 11 is 5.71. The summed E-state index contributed by atoms with van der Waals surface area (Å²) in [6, 6.07) is 8.77. The van der Waals surface area contributed by atoms with E-state index in [1.54, 1.807) is 24.4 Å². The zero-order valence-corrected chi connectivity index (χ0v) is 13.8. The van der Waals surface area contributed by atoms with Gasteiger partial charge in [-0.1, -0.05) is 24.3 Å². The summed E-state index contributed by atoms with van der Waals surface area (Å²) in [6.07, 6.45) is -1.94. The number of hydrogen-bond donors (Lipinski definition) is 1. The lowest BCUT2D eigenvalue weighted by molar-refractivity contribution is -0.140. The molecule has 9 heteroatoms. The van der Waals surface area contributed by atoms with Crippen molar-refractivity contribution in [1.29, 1.82) is 0 Å². The number of halogens is 4. The van der Waals surface area contributed by atoms with E-state index in [1.807, 2.05) is 12.1 Å². The molecule has 0 amide bonds. The molecule has 0 saturated heterocycles. The number of rotatable bonds is 4. The molecular weight excluding hydrogens is 355 g/mol. The van der Waals surface area contributed by atoms with Crippen LogP contribution in [0.2, 0.25) is 5.28 Å². The minimum absolute atomic E-state index is 0.149. The van der Waals surface area contributed by atoms with Gasteiger partial charge in [-0.2, -0.15) is 13.2 Å². The Morgan fingerprint density at radius 1 is 1.12 bits per heavy atom. The van der Waals surface area contributed by atoms with E-state index < -0.39 is 11.9 Å². The molecule has 0 aliphatic rings. The highest BCUT2D eigenvalue weighted by Crippen LogP contribution is 2.30. The minimum Gasteiger partial charge on any atom is -0.366 e. The maximum Gasteiger partial charge on any atom is 0.434 e. The molecule has 1 N–H and O–H groups in total. The average Bonchev–Trinajstić information content (AvgIpc) is 2.96. The number of hydrogen-bond acceptors (Lipinski definition) is 4. The molecule has 2 aromatic heterocycles. The molecule has 0 unspecified atom stereocenters. The van der Waals surface area contributed by atoms with Gasteiger partial charge < -0.3 is 9.88 Å². The predicted octanol–water partition coefficient (Wildman–Crippen LogP) is 4.16. The van der Waals surface area contributed by atoms with Gasteiger partial charge >= 0.3 is 6.18 Å². The summed E-state index contributed by atoms with van der Waals surface area (Å²) in [4.78, 5) is 11.5. The molecule has 3 aromatic rings. The highest BCUT2D eigenvalue weighted by Gasteiger charge is 2.34. The third-order valence-electron chi connectivity index (χ3n) is 3.48. The maximum atomic E-state index is 12.7. The molecule has 2 heterocycles. The second-order valence-corrected chi connectivity index (χ2v) is 5.66. The van der Waals surface area contributed by atoms with E-state index in [0.29, 0.717) is 17.9 Å². The van der Waals surface area contributed by atoms with Crippen LogP contribution in [0.4, 0.5) is 19.0 Å². The van der Waals surface area contributed by atoms with Crippen LogP contribution in [0, 0.1) is 0 Å². The van der Waals surface area contributed by atoms with Gasteiger partial charge in [-0.3, -0.25) is 0 Å². The topological polar surface area (TPSA) is 55.6 Å². The van der Waals surface area contributed by atoms with E-state index in [2.05, 4.69) is 20.3 Å². The van der Waals surface area contributed by atoms with Gasteiger partial charge in [-0.05, 0) is 23.2 Å².